The maximum absolute atomic E-state index is 10.5. The van der Waals surface area contributed by atoms with E-state index in [1.807, 2.05) is 37.3 Å². The molecular formula is C18H18N3O3S-. The van der Waals surface area contributed by atoms with E-state index < -0.39 is 12.6 Å². The second-order valence-electron chi connectivity index (χ2n) is 5.27. The summed E-state index contributed by atoms with van der Waals surface area (Å²) >= 11 is 5.23. The van der Waals surface area contributed by atoms with Gasteiger partial charge in [-0.1, -0.05) is 30.3 Å². The predicted molar refractivity (Wildman–Crippen MR) is 99.7 cm³/mol. The predicted octanol–water partition coefficient (Wildman–Crippen LogP) is 1.83. The first-order valence-electron chi connectivity index (χ1n) is 7.55. The average molecular weight is 356 g/mol. The van der Waals surface area contributed by atoms with Gasteiger partial charge in [0.1, 0.15) is 12.4 Å². The Hall–Kier alpha value is -2.93. The molecule has 7 heteroatoms. The van der Waals surface area contributed by atoms with Gasteiger partial charge < -0.3 is 20.0 Å². The van der Waals surface area contributed by atoms with Crippen LogP contribution >= 0.6 is 12.2 Å². The minimum atomic E-state index is -1.27. The number of carbonyl (C=O) groups excluding carboxylic acids is 1. The van der Waals surface area contributed by atoms with Crippen molar-refractivity contribution in [2.45, 2.75) is 13.8 Å². The number of hydrazone groups is 1. The number of nitrogens with zero attached hydrogens (tertiary/aromatic N) is 1. The molecule has 0 aromatic heterocycles. The van der Waals surface area contributed by atoms with E-state index in [0.717, 1.165) is 16.8 Å². The number of hydrogen-bond donors (Lipinski definition) is 2. The third-order valence-electron chi connectivity index (χ3n) is 3.33. The molecule has 0 radical (unpaired) electrons. The number of benzene rings is 2. The molecule has 0 bridgehead atoms. The first-order valence-corrected chi connectivity index (χ1v) is 7.96. The van der Waals surface area contributed by atoms with Crippen LogP contribution in [-0.2, 0) is 4.79 Å². The summed E-state index contributed by atoms with van der Waals surface area (Å²) in [5.74, 6) is -0.845. The van der Waals surface area contributed by atoms with Gasteiger partial charge in [-0.15, -0.1) is 0 Å². The Morgan fingerprint density at radius 3 is 2.72 bits per heavy atom. The van der Waals surface area contributed by atoms with E-state index in [1.165, 1.54) is 0 Å². The highest BCUT2D eigenvalue weighted by atomic mass is 32.1. The van der Waals surface area contributed by atoms with Gasteiger partial charge in [-0.3, -0.25) is 5.43 Å². The summed E-state index contributed by atoms with van der Waals surface area (Å²) in [4.78, 5) is 10.5. The Morgan fingerprint density at radius 2 is 2.00 bits per heavy atom. The SMILES string of the molecule is C/C(=N/NC(=S)Nc1ccccc1C)c1cccc(OCC(=O)[O-])c1. The van der Waals surface area contributed by atoms with Gasteiger partial charge in [0.05, 0.1) is 11.7 Å². The van der Waals surface area contributed by atoms with Crippen molar-refractivity contribution < 1.29 is 14.6 Å². The maximum Gasteiger partial charge on any atom is 0.191 e. The number of para-hydroxylation sites is 1. The fourth-order valence-corrected chi connectivity index (χ4v) is 2.17. The van der Waals surface area contributed by atoms with Crippen LogP contribution in [0, 0.1) is 6.92 Å². The van der Waals surface area contributed by atoms with Gasteiger partial charge in [0, 0.05) is 11.3 Å². The first-order chi connectivity index (χ1) is 12.0. The third kappa shape index (κ3) is 5.89. The van der Waals surface area contributed by atoms with Crippen LogP contribution < -0.4 is 20.6 Å². The Balaban J connectivity index is 1.98. The Kier molecular flexibility index (Phi) is 6.47. The molecule has 6 nitrogen and oxygen atoms in total. The third-order valence-corrected chi connectivity index (χ3v) is 3.52. The summed E-state index contributed by atoms with van der Waals surface area (Å²) in [7, 11) is 0. The molecule has 0 amide bonds. The number of ether oxygens (including phenoxy) is 1. The number of carboxylic acid groups (broad SMARTS) is 1. The molecule has 0 atom stereocenters. The summed E-state index contributed by atoms with van der Waals surface area (Å²) in [6.45, 7) is 3.29. The number of anilines is 1. The molecule has 0 spiro atoms. The van der Waals surface area contributed by atoms with Gasteiger partial charge in [-0.2, -0.15) is 5.10 Å². The number of aliphatic carboxylic acids is 1. The van der Waals surface area contributed by atoms with Crippen LogP contribution in [0.4, 0.5) is 5.69 Å². The highest BCUT2D eigenvalue weighted by Gasteiger charge is 2.03. The molecule has 0 aliphatic carbocycles. The fraction of sp³-hybridized carbons (Fsp3) is 0.167. The van der Waals surface area contributed by atoms with Crippen molar-refractivity contribution in [1.29, 1.82) is 0 Å². The lowest BCUT2D eigenvalue weighted by atomic mass is 10.1. The summed E-state index contributed by atoms with van der Waals surface area (Å²) in [6.07, 6.45) is 0. The second kappa shape index (κ2) is 8.79. The highest BCUT2D eigenvalue weighted by Crippen LogP contribution is 2.14. The number of carboxylic acids is 1. The lowest BCUT2D eigenvalue weighted by Crippen LogP contribution is -2.29. The molecule has 0 heterocycles. The van der Waals surface area contributed by atoms with Crippen LogP contribution in [-0.4, -0.2) is 23.4 Å². The molecule has 0 aliphatic rings. The summed E-state index contributed by atoms with van der Waals surface area (Å²) in [5, 5.41) is 18.1. The summed E-state index contributed by atoms with van der Waals surface area (Å²) in [5.41, 5.74) is 6.23. The molecule has 25 heavy (non-hydrogen) atoms. The molecule has 0 saturated carbocycles. The van der Waals surface area contributed by atoms with Crippen molar-refractivity contribution in [3.63, 3.8) is 0 Å². The Bertz CT molecular complexity index is 806. The van der Waals surface area contributed by atoms with Crippen LogP contribution in [0.2, 0.25) is 0 Å². The van der Waals surface area contributed by atoms with Gasteiger partial charge in [-0.05, 0) is 49.8 Å². The zero-order valence-corrected chi connectivity index (χ0v) is 14.7. The molecule has 2 aromatic carbocycles. The molecule has 0 fully saturated rings. The van der Waals surface area contributed by atoms with E-state index in [-0.39, 0.29) is 0 Å². The number of hydrogen-bond acceptors (Lipinski definition) is 5. The van der Waals surface area contributed by atoms with Crippen LogP contribution in [0.1, 0.15) is 18.1 Å². The van der Waals surface area contributed by atoms with E-state index in [1.54, 1.807) is 25.1 Å². The second-order valence-corrected chi connectivity index (χ2v) is 5.67. The normalized spacial score (nSPS) is 10.9. The van der Waals surface area contributed by atoms with Gasteiger partial charge in [0.2, 0.25) is 0 Å². The lowest BCUT2D eigenvalue weighted by Gasteiger charge is -2.11. The van der Waals surface area contributed by atoms with Crippen molar-refractivity contribution in [1.82, 2.24) is 5.43 Å². The fourth-order valence-electron chi connectivity index (χ4n) is 2.02. The van der Waals surface area contributed by atoms with E-state index in [4.69, 9.17) is 17.0 Å². The smallest absolute Gasteiger partial charge is 0.191 e. The number of carbonyl (C=O) groups is 1. The van der Waals surface area contributed by atoms with Crippen molar-refractivity contribution in [2.75, 3.05) is 11.9 Å². The monoisotopic (exact) mass is 356 g/mol. The molecule has 2 rings (SSSR count). The standard InChI is InChI=1S/C18H19N3O3S/c1-12-6-3-4-9-16(12)19-18(25)21-20-13(2)14-7-5-8-15(10-14)24-11-17(22)23/h3-10H,11H2,1-2H3,(H,22,23)(H2,19,21,25)/p-1/b20-13-. The zero-order chi connectivity index (χ0) is 18.2. The Morgan fingerprint density at radius 1 is 1.24 bits per heavy atom. The number of rotatable bonds is 6. The molecule has 2 N–H and O–H groups in total. The average Bonchev–Trinajstić information content (AvgIpc) is 2.60. The van der Waals surface area contributed by atoms with Crippen molar-refractivity contribution >= 4 is 34.7 Å². The Labute approximate surface area is 151 Å². The highest BCUT2D eigenvalue weighted by molar-refractivity contribution is 7.80. The molecule has 0 saturated heterocycles. The van der Waals surface area contributed by atoms with Crippen molar-refractivity contribution in [3.8, 4) is 5.75 Å². The molecule has 0 aliphatic heterocycles. The maximum atomic E-state index is 10.5. The first kappa shape index (κ1) is 18.4. The molecular weight excluding hydrogens is 338 g/mol. The minimum Gasteiger partial charge on any atom is -0.546 e. The topological polar surface area (TPSA) is 85.8 Å². The summed E-state index contributed by atoms with van der Waals surface area (Å²) in [6, 6.07) is 14.7. The van der Waals surface area contributed by atoms with Crippen molar-refractivity contribution in [2.24, 2.45) is 5.10 Å². The van der Waals surface area contributed by atoms with Crippen LogP contribution in [0.25, 0.3) is 0 Å². The largest absolute Gasteiger partial charge is 0.546 e. The summed E-state index contributed by atoms with van der Waals surface area (Å²) < 4.78 is 5.10. The van der Waals surface area contributed by atoms with E-state index in [0.29, 0.717) is 16.6 Å². The quantitative estimate of drug-likeness (QED) is 0.467. The van der Waals surface area contributed by atoms with Gasteiger partial charge >= 0.3 is 0 Å². The lowest BCUT2D eigenvalue weighted by molar-refractivity contribution is -0.307. The van der Waals surface area contributed by atoms with Gasteiger partial charge in [-0.25, -0.2) is 0 Å². The van der Waals surface area contributed by atoms with Crippen LogP contribution in [0.15, 0.2) is 53.6 Å². The zero-order valence-electron chi connectivity index (χ0n) is 13.9. The van der Waals surface area contributed by atoms with Crippen LogP contribution in [0.5, 0.6) is 5.75 Å². The van der Waals surface area contributed by atoms with E-state index in [9.17, 15) is 9.90 Å². The van der Waals surface area contributed by atoms with Gasteiger partial charge in [0.25, 0.3) is 0 Å². The van der Waals surface area contributed by atoms with Gasteiger partial charge in [0.15, 0.2) is 5.11 Å². The van der Waals surface area contributed by atoms with Crippen molar-refractivity contribution in [3.05, 3.63) is 59.7 Å². The number of nitrogens with one attached hydrogen (secondary N) is 2. The molecule has 2 aromatic rings. The number of aryl methyl sites for hydroxylation is 1. The number of thiocarbonyl (C=S) groups is 1. The van der Waals surface area contributed by atoms with Crippen LogP contribution in [0.3, 0.4) is 0 Å². The molecule has 130 valence electrons. The van der Waals surface area contributed by atoms with E-state index in [2.05, 4.69) is 15.8 Å². The molecule has 0 unspecified atom stereocenters. The minimum absolute atomic E-state index is 0.373. The van der Waals surface area contributed by atoms with E-state index >= 15 is 0 Å².